The van der Waals surface area contributed by atoms with Crippen molar-refractivity contribution in [2.75, 3.05) is 12.3 Å². The Hall–Kier alpha value is -3.05. The highest BCUT2D eigenvalue weighted by molar-refractivity contribution is 7.99. The number of aryl methyl sites for hydroxylation is 1. The van der Waals surface area contributed by atoms with E-state index >= 15 is 0 Å². The van der Waals surface area contributed by atoms with Crippen LogP contribution in [0.3, 0.4) is 0 Å². The molecule has 0 saturated carbocycles. The molecule has 3 rings (SSSR count). The number of hydrogen-bond donors (Lipinski definition) is 1. The minimum Gasteiger partial charge on any atom is -0.354 e. The van der Waals surface area contributed by atoms with Crippen molar-refractivity contribution < 1.29 is 9.59 Å². The third kappa shape index (κ3) is 8.07. The van der Waals surface area contributed by atoms with Crippen molar-refractivity contribution in [3.8, 4) is 0 Å². The second-order valence-corrected chi connectivity index (χ2v) is 9.58. The molecule has 178 valence electrons. The third-order valence-corrected chi connectivity index (χ3v) is 6.64. The first-order chi connectivity index (χ1) is 16.6. The predicted octanol–water partition coefficient (Wildman–Crippen LogP) is 5.64. The quantitative estimate of drug-likeness (QED) is 0.346. The molecule has 1 N–H and O–H groups in total. The van der Waals surface area contributed by atoms with Gasteiger partial charge in [-0.05, 0) is 36.6 Å². The van der Waals surface area contributed by atoms with Gasteiger partial charge in [-0.25, -0.2) is 0 Å². The van der Waals surface area contributed by atoms with Crippen LogP contribution in [0.4, 0.5) is 0 Å². The smallest absolute Gasteiger partial charge is 0.243 e. The molecule has 1 atom stereocenters. The van der Waals surface area contributed by atoms with E-state index in [9.17, 15) is 9.59 Å². The zero-order valence-electron chi connectivity index (χ0n) is 20.1. The van der Waals surface area contributed by atoms with Crippen molar-refractivity contribution in [1.29, 1.82) is 0 Å². The maximum atomic E-state index is 13.5. The standard InChI is InChI=1S/C29H34N2O2S/c1-3-19-30-29(33)27(21-24-10-6-4-7-11-24)31(22-25-12-8-5-9-13-25)28(32)18-20-34-26-16-14-23(2)15-17-26/h4-17,27H,3,18-22H2,1-2H3,(H,30,33)/t27-/m0/s1. The number of nitrogens with zero attached hydrogens (tertiary/aromatic N) is 1. The van der Waals surface area contributed by atoms with Crippen molar-refractivity contribution in [3.05, 3.63) is 102 Å². The van der Waals surface area contributed by atoms with E-state index in [4.69, 9.17) is 0 Å². The Balaban J connectivity index is 1.79. The average molecular weight is 475 g/mol. The minimum atomic E-state index is -0.564. The fraction of sp³-hybridized carbons (Fsp3) is 0.310. The lowest BCUT2D eigenvalue weighted by Gasteiger charge is -2.31. The first kappa shape index (κ1) is 25.6. The van der Waals surface area contributed by atoms with Gasteiger partial charge in [0.15, 0.2) is 0 Å². The molecule has 0 aliphatic rings. The molecule has 0 radical (unpaired) electrons. The van der Waals surface area contributed by atoms with Crippen molar-refractivity contribution in [1.82, 2.24) is 10.2 Å². The Kier molecular flexibility index (Phi) is 10.2. The van der Waals surface area contributed by atoms with E-state index in [0.29, 0.717) is 31.7 Å². The van der Waals surface area contributed by atoms with Gasteiger partial charge in [0.1, 0.15) is 6.04 Å². The van der Waals surface area contributed by atoms with E-state index in [-0.39, 0.29) is 11.8 Å². The van der Waals surface area contributed by atoms with Gasteiger partial charge in [-0.1, -0.05) is 85.3 Å². The van der Waals surface area contributed by atoms with Gasteiger partial charge in [0.05, 0.1) is 0 Å². The lowest BCUT2D eigenvalue weighted by atomic mass is 10.0. The molecule has 0 aromatic heterocycles. The molecule has 2 amide bonds. The summed E-state index contributed by atoms with van der Waals surface area (Å²) in [6.45, 7) is 5.10. The number of thioether (sulfide) groups is 1. The van der Waals surface area contributed by atoms with Gasteiger partial charge in [0.2, 0.25) is 11.8 Å². The summed E-state index contributed by atoms with van der Waals surface area (Å²) in [5, 5.41) is 3.02. The van der Waals surface area contributed by atoms with Crippen LogP contribution in [-0.2, 0) is 22.6 Å². The Labute approximate surface area is 207 Å². The van der Waals surface area contributed by atoms with Crippen molar-refractivity contribution >= 4 is 23.6 Å². The van der Waals surface area contributed by atoms with Gasteiger partial charge in [0, 0.05) is 36.6 Å². The number of rotatable bonds is 12. The summed E-state index contributed by atoms with van der Waals surface area (Å²) in [5.41, 5.74) is 3.28. The van der Waals surface area contributed by atoms with E-state index in [0.717, 1.165) is 22.4 Å². The van der Waals surface area contributed by atoms with Crippen molar-refractivity contribution in [3.63, 3.8) is 0 Å². The summed E-state index contributed by atoms with van der Waals surface area (Å²) in [6.07, 6.45) is 1.71. The van der Waals surface area contributed by atoms with Crippen molar-refractivity contribution in [2.45, 2.75) is 50.6 Å². The van der Waals surface area contributed by atoms with Crippen LogP contribution in [0.15, 0.2) is 89.8 Å². The molecule has 3 aromatic carbocycles. The molecule has 0 bridgehead atoms. The normalized spacial score (nSPS) is 11.6. The van der Waals surface area contributed by atoms with E-state index < -0.39 is 6.04 Å². The molecule has 0 saturated heterocycles. The SMILES string of the molecule is CCCNC(=O)[C@H](Cc1ccccc1)N(Cc1ccccc1)C(=O)CCSc1ccc(C)cc1. The summed E-state index contributed by atoms with van der Waals surface area (Å²) in [5.74, 6) is 0.569. The van der Waals surface area contributed by atoms with Gasteiger partial charge in [-0.15, -0.1) is 11.8 Å². The van der Waals surface area contributed by atoms with Crippen LogP contribution in [-0.4, -0.2) is 35.1 Å². The van der Waals surface area contributed by atoms with Crippen LogP contribution >= 0.6 is 11.8 Å². The Bertz CT molecular complexity index is 1020. The molecule has 34 heavy (non-hydrogen) atoms. The van der Waals surface area contributed by atoms with Gasteiger partial charge < -0.3 is 10.2 Å². The maximum absolute atomic E-state index is 13.5. The molecule has 5 heteroatoms. The number of nitrogens with one attached hydrogen (secondary N) is 1. The monoisotopic (exact) mass is 474 g/mol. The summed E-state index contributed by atoms with van der Waals surface area (Å²) >= 11 is 1.67. The Morgan fingerprint density at radius 2 is 1.50 bits per heavy atom. The molecule has 0 aliphatic carbocycles. The molecular formula is C29H34N2O2S. The molecule has 0 fully saturated rings. The molecule has 0 unspecified atom stereocenters. The van der Waals surface area contributed by atoms with E-state index in [2.05, 4.69) is 36.5 Å². The van der Waals surface area contributed by atoms with Gasteiger partial charge in [-0.3, -0.25) is 9.59 Å². The Morgan fingerprint density at radius 3 is 2.12 bits per heavy atom. The molecule has 3 aromatic rings. The van der Waals surface area contributed by atoms with Gasteiger partial charge >= 0.3 is 0 Å². The Morgan fingerprint density at radius 1 is 0.882 bits per heavy atom. The zero-order chi connectivity index (χ0) is 24.2. The number of carbonyl (C=O) groups is 2. The minimum absolute atomic E-state index is 0.00366. The lowest BCUT2D eigenvalue weighted by Crippen LogP contribution is -2.50. The van der Waals surface area contributed by atoms with Crippen molar-refractivity contribution in [2.24, 2.45) is 0 Å². The molecule has 0 aliphatic heterocycles. The topological polar surface area (TPSA) is 49.4 Å². The third-order valence-electron chi connectivity index (χ3n) is 5.62. The summed E-state index contributed by atoms with van der Waals surface area (Å²) in [7, 11) is 0. The molecule has 0 spiro atoms. The van der Waals surface area contributed by atoms with Crippen LogP contribution in [0.25, 0.3) is 0 Å². The number of hydrogen-bond acceptors (Lipinski definition) is 3. The molecule has 4 nitrogen and oxygen atoms in total. The largest absolute Gasteiger partial charge is 0.354 e. The number of amides is 2. The van der Waals surface area contributed by atoms with Gasteiger partial charge in [-0.2, -0.15) is 0 Å². The first-order valence-corrected chi connectivity index (χ1v) is 12.9. The van der Waals surface area contributed by atoms with Crippen LogP contribution in [0.2, 0.25) is 0 Å². The zero-order valence-corrected chi connectivity index (χ0v) is 20.9. The maximum Gasteiger partial charge on any atom is 0.243 e. The predicted molar refractivity (Wildman–Crippen MR) is 141 cm³/mol. The second kappa shape index (κ2) is 13.6. The highest BCUT2D eigenvalue weighted by Gasteiger charge is 2.29. The fourth-order valence-electron chi connectivity index (χ4n) is 3.73. The second-order valence-electron chi connectivity index (χ2n) is 8.42. The van der Waals surface area contributed by atoms with E-state index in [1.54, 1.807) is 16.7 Å². The summed E-state index contributed by atoms with van der Waals surface area (Å²) in [6, 6.07) is 27.6. The van der Waals surface area contributed by atoms with Crippen LogP contribution in [0.1, 0.15) is 36.5 Å². The fourth-order valence-corrected chi connectivity index (χ4v) is 4.58. The van der Waals surface area contributed by atoms with E-state index in [1.165, 1.54) is 5.56 Å². The summed E-state index contributed by atoms with van der Waals surface area (Å²) in [4.78, 5) is 29.7. The number of benzene rings is 3. The first-order valence-electron chi connectivity index (χ1n) is 11.9. The highest BCUT2D eigenvalue weighted by atomic mass is 32.2. The lowest BCUT2D eigenvalue weighted by molar-refractivity contribution is -0.141. The van der Waals surface area contributed by atoms with Gasteiger partial charge in [0.25, 0.3) is 0 Å². The highest BCUT2D eigenvalue weighted by Crippen LogP contribution is 2.21. The van der Waals surface area contributed by atoms with Crippen LogP contribution in [0.5, 0.6) is 0 Å². The summed E-state index contributed by atoms with van der Waals surface area (Å²) < 4.78 is 0. The molecule has 0 heterocycles. The van der Waals surface area contributed by atoms with Crippen LogP contribution in [0, 0.1) is 6.92 Å². The number of carbonyl (C=O) groups excluding carboxylic acids is 2. The van der Waals surface area contributed by atoms with E-state index in [1.807, 2.05) is 67.6 Å². The molecular weight excluding hydrogens is 440 g/mol. The average Bonchev–Trinajstić information content (AvgIpc) is 2.87. The van der Waals surface area contributed by atoms with Crippen LogP contribution < -0.4 is 5.32 Å².